The number of alkyl halides is 3. The normalized spacial score (nSPS) is 16.7. The molecule has 5 rings (SSSR count). The summed E-state index contributed by atoms with van der Waals surface area (Å²) in [5.41, 5.74) is 1.48. The molecule has 2 fully saturated rings. The molecule has 50 heavy (non-hydrogen) atoms. The number of nitrogens with one attached hydrogen (secondary N) is 3. The van der Waals surface area contributed by atoms with Crippen LogP contribution in [0.5, 0.6) is 0 Å². The van der Waals surface area contributed by atoms with Crippen LogP contribution in [0, 0.1) is 43.4 Å². The number of carbonyl (C=O) groups excluding carboxylic acids is 3. The number of H-pyrrole nitrogens is 1. The lowest BCUT2D eigenvalue weighted by Crippen LogP contribution is -2.53. The number of hydrogen-bond acceptors (Lipinski definition) is 7. The third-order valence-corrected chi connectivity index (χ3v) is 9.83. The number of ether oxygens (including phenoxy) is 1. The van der Waals surface area contributed by atoms with Crippen LogP contribution >= 0.6 is 0 Å². The topological polar surface area (TPSA) is 144 Å². The van der Waals surface area contributed by atoms with Gasteiger partial charge in [-0.15, -0.1) is 0 Å². The first-order valence-electron chi connectivity index (χ1n) is 17.1. The summed E-state index contributed by atoms with van der Waals surface area (Å²) in [5, 5.41) is 16.3. The molecule has 3 heterocycles. The molecule has 0 saturated heterocycles. The Morgan fingerprint density at radius 2 is 1.64 bits per heavy atom. The molecule has 16 heteroatoms. The maximum absolute atomic E-state index is 15.4. The Labute approximate surface area is 286 Å². The summed E-state index contributed by atoms with van der Waals surface area (Å²) >= 11 is 0. The molecule has 0 radical (unpaired) electrons. The number of rotatable bonds is 12. The molecule has 3 aromatic rings. The summed E-state index contributed by atoms with van der Waals surface area (Å²) in [4.78, 5) is 43.1. The van der Waals surface area contributed by atoms with Crippen molar-refractivity contribution in [2.75, 3.05) is 11.9 Å². The number of amides is 2. The first-order chi connectivity index (χ1) is 23.8. The molecule has 3 N–H and O–H groups in total. The van der Waals surface area contributed by atoms with E-state index in [1.54, 1.807) is 13.8 Å². The van der Waals surface area contributed by atoms with E-state index in [0.717, 1.165) is 75.1 Å². The van der Waals surface area contributed by atoms with Crippen LogP contribution in [0.25, 0.3) is 11.1 Å². The fraction of sp³-hybridized carbons (Fsp3) is 0.588. The smallest absolute Gasteiger partial charge is 0.459 e. The molecular weight excluding hydrogens is 665 g/mol. The number of aromatic nitrogens is 5. The van der Waals surface area contributed by atoms with E-state index in [-0.39, 0.29) is 42.1 Å². The molecule has 1 atom stereocenters. The van der Waals surface area contributed by atoms with Gasteiger partial charge in [0.05, 0.1) is 18.5 Å². The number of aromatic amines is 1. The van der Waals surface area contributed by atoms with E-state index in [2.05, 4.69) is 35.7 Å². The predicted octanol–water partition coefficient (Wildman–Crippen LogP) is 6.57. The Balaban J connectivity index is 1.41. The maximum atomic E-state index is 15.4. The first-order valence-corrected chi connectivity index (χ1v) is 17.1. The summed E-state index contributed by atoms with van der Waals surface area (Å²) in [5.74, 6) is -5.91. The van der Waals surface area contributed by atoms with Gasteiger partial charge in [-0.05, 0) is 43.7 Å². The molecule has 2 aliphatic carbocycles. The van der Waals surface area contributed by atoms with Crippen molar-refractivity contribution in [1.29, 1.82) is 0 Å². The molecule has 3 aromatic heterocycles. The molecule has 11 nitrogen and oxygen atoms in total. The van der Waals surface area contributed by atoms with Crippen molar-refractivity contribution in [3.8, 4) is 11.1 Å². The minimum Gasteiger partial charge on any atom is -0.459 e. The highest BCUT2D eigenvalue weighted by atomic mass is 19.4. The Morgan fingerprint density at radius 1 is 1.00 bits per heavy atom. The van der Waals surface area contributed by atoms with E-state index in [9.17, 15) is 27.6 Å². The van der Waals surface area contributed by atoms with Crippen LogP contribution in [0.2, 0.25) is 0 Å². The second-order valence-electron chi connectivity index (χ2n) is 13.2. The number of halogens is 5. The van der Waals surface area contributed by atoms with E-state index in [1.165, 1.54) is 12.1 Å². The number of aryl methyl sites for hydroxylation is 3. The van der Waals surface area contributed by atoms with Gasteiger partial charge in [0, 0.05) is 29.8 Å². The molecule has 2 saturated carbocycles. The lowest BCUT2D eigenvalue weighted by Gasteiger charge is -2.41. The number of hydrogen-bond donors (Lipinski definition) is 3. The third-order valence-electron chi connectivity index (χ3n) is 9.83. The summed E-state index contributed by atoms with van der Waals surface area (Å²) in [6.07, 6.45) is 4.87. The average Bonchev–Trinajstić information content (AvgIpc) is 3.63. The van der Waals surface area contributed by atoms with Crippen molar-refractivity contribution in [1.82, 2.24) is 30.3 Å². The summed E-state index contributed by atoms with van der Waals surface area (Å²) in [7, 11) is 0. The minimum absolute atomic E-state index is 0.0648. The lowest BCUT2D eigenvalue weighted by atomic mass is 9.66. The van der Waals surface area contributed by atoms with Gasteiger partial charge in [-0.3, -0.25) is 19.4 Å². The van der Waals surface area contributed by atoms with Gasteiger partial charge in [0.15, 0.2) is 11.5 Å². The molecule has 0 unspecified atom stereocenters. The van der Waals surface area contributed by atoms with Gasteiger partial charge in [0.2, 0.25) is 11.9 Å². The van der Waals surface area contributed by atoms with E-state index in [4.69, 9.17) is 0 Å². The number of nitrogens with zero attached hydrogens (tertiary/aromatic N) is 4. The molecule has 0 aromatic carbocycles. The lowest BCUT2D eigenvalue weighted by molar-refractivity contribution is -0.199. The highest BCUT2D eigenvalue weighted by molar-refractivity contribution is 6.00. The second kappa shape index (κ2) is 16.1. The predicted molar refractivity (Wildman–Crippen MR) is 172 cm³/mol. The number of anilines is 1. The van der Waals surface area contributed by atoms with Crippen molar-refractivity contribution in [3.63, 3.8) is 0 Å². The highest BCUT2D eigenvalue weighted by Gasteiger charge is 2.42. The van der Waals surface area contributed by atoms with Crippen LogP contribution in [0.4, 0.5) is 27.8 Å². The Bertz CT molecular complexity index is 1620. The van der Waals surface area contributed by atoms with Crippen LogP contribution in [0.3, 0.4) is 0 Å². The quantitative estimate of drug-likeness (QED) is 0.0836. The molecular formula is C34H42F5N7O4. The minimum atomic E-state index is -5.16. The molecule has 2 amide bonds. The molecule has 0 spiro atoms. The highest BCUT2D eigenvalue weighted by Crippen LogP contribution is 2.42. The van der Waals surface area contributed by atoms with Crippen molar-refractivity contribution >= 4 is 23.6 Å². The Morgan fingerprint density at radius 3 is 2.20 bits per heavy atom. The zero-order valence-electron chi connectivity index (χ0n) is 28.0. The summed E-state index contributed by atoms with van der Waals surface area (Å²) in [6, 6.07) is 1.82. The monoisotopic (exact) mass is 707 g/mol. The van der Waals surface area contributed by atoms with Gasteiger partial charge in [-0.1, -0.05) is 64.2 Å². The summed E-state index contributed by atoms with van der Waals surface area (Å²) < 4.78 is 73.1. The van der Waals surface area contributed by atoms with Crippen molar-refractivity contribution in [2.45, 2.75) is 103 Å². The van der Waals surface area contributed by atoms with Crippen LogP contribution in [0.1, 0.15) is 92.5 Å². The van der Waals surface area contributed by atoms with Gasteiger partial charge in [0.25, 0.3) is 5.91 Å². The zero-order chi connectivity index (χ0) is 36.0. The third kappa shape index (κ3) is 8.67. The second-order valence-corrected chi connectivity index (χ2v) is 13.2. The van der Waals surface area contributed by atoms with Crippen molar-refractivity contribution < 1.29 is 41.1 Å². The van der Waals surface area contributed by atoms with Crippen molar-refractivity contribution in [3.05, 3.63) is 47.2 Å². The number of carbonyl (C=O) groups is 3. The van der Waals surface area contributed by atoms with Crippen LogP contribution < -0.4 is 10.6 Å². The van der Waals surface area contributed by atoms with Gasteiger partial charge >= 0.3 is 12.1 Å². The van der Waals surface area contributed by atoms with E-state index < -0.39 is 54.1 Å². The van der Waals surface area contributed by atoms with Gasteiger partial charge in [-0.25, -0.2) is 14.2 Å². The first kappa shape index (κ1) is 36.9. The molecule has 2 aliphatic rings. The largest absolute Gasteiger partial charge is 0.490 e. The summed E-state index contributed by atoms with van der Waals surface area (Å²) in [6.45, 7) is 2.61. The Kier molecular flexibility index (Phi) is 11.9. The van der Waals surface area contributed by atoms with Crippen molar-refractivity contribution in [2.24, 2.45) is 17.8 Å². The van der Waals surface area contributed by atoms with Crippen LogP contribution in [-0.4, -0.2) is 61.6 Å². The Hall–Kier alpha value is -4.37. The molecule has 272 valence electrons. The molecule has 0 aliphatic heterocycles. The standard InChI is InChI=1S/C34H42F5N7O4/c1-19-26(20(2)45-44-19)23-14-15-25(41-30(23)36)42-31(47)28(27(21-10-5-3-6-11-21)22-12-7-4-8-13-22)43-32(48)29-24(35)18-40-46(29)16-9-17-50-33(49)34(37,38)39/h14-15,18,21-22,27-28H,3-13,16-17H2,1-2H3,(H,43,48)(H,44,45)(H,41,42,47)/t28-/m0/s1. The maximum Gasteiger partial charge on any atom is 0.490 e. The fourth-order valence-electron chi connectivity index (χ4n) is 7.57. The fourth-order valence-corrected chi connectivity index (χ4v) is 7.57. The van der Waals surface area contributed by atoms with Crippen LogP contribution in [0.15, 0.2) is 18.3 Å². The molecule has 0 bridgehead atoms. The van der Waals surface area contributed by atoms with E-state index in [0.29, 0.717) is 17.0 Å². The van der Waals surface area contributed by atoms with E-state index in [1.807, 2.05) is 0 Å². The van der Waals surface area contributed by atoms with Gasteiger partial charge in [0.1, 0.15) is 11.9 Å². The van der Waals surface area contributed by atoms with Gasteiger partial charge < -0.3 is 15.4 Å². The number of pyridine rings is 1. The SMILES string of the molecule is Cc1n[nH]c(C)c1-c1ccc(NC(=O)[C@@H](NC(=O)c2c(F)cnn2CCCOC(=O)C(F)(F)F)C(C2CCCCC2)C2CCCCC2)nc1F. The van der Waals surface area contributed by atoms with E-state index >= 15 is 8.78 Å². The van der Waals surface area contributed by atoms with Gasteiger partial charge in [-0.2, -0.15) is 27.8 Å². The van der Waals surface area contributed by atoms with Crippen LogP contribution in [-0.2, 0) is 20.9 Å². The zero-order valence-corrected chi connectivity index (χ0v) is 28.0. The number of esters is 1. The average molecular weight is 708 g/mol.